The van der Waals surface area contributed by atoms with Crippen molar-refractivity contribution < 1.29 is 76.7 Å². The van der Waals surface area contributed by atoms with Crippen LogP contribution in [0.25, 0.3) is 0 Å². The third kappa shape index (κ3) is 15.0. The number of ketones is 1. The van der Waals surface area contributed by atoms with Crippen molar-refractivity contribution in [1.29, 1.82) is 0 Å². The number of aromatic hydroxyl groups is 1. The van der Waals surface area contributed by atoms with Gasteiger partial charge in [-0.2, -0.15) is 0 Å². The summed E-state index contributed by atoms with van der Waals surface area (Å²) in [5.41, 5.74) is 7.84. The molecule has 0 radical (unpaired) electrons. The van der Waals surface area contributed by atoms with Crippen molar-refractivity contribution in [2.75, 3.05) is 99.9 Å². The minimum absolute atomic E-state index is 0.00661. The number of rotatable bonds is 28. The van der Waals surface area contributed by atoms with E-state index in [0.29, 0.717) is 64.7 Å². The zero-order valence-electron chi connectivity index (χ0n) is 40.5. The number of fused-ring (bicyclic) bond motifs is 2. The number of piperidine rings is 1. The fourth-order valence-electron chi connectivity index (χ4n) is 7.91. The van der Waals surface area contributed by atoms with E-state index in [2.05, 4.69) is 21.3 Å². The molecule has 0 saturated carbocycles. The lowest BCUT2D eigenvalue weighted by molar-refractivity contribution is -0.136. The molecule has 1 aliphatic carbocycles. The van der Waals surface area contributed by atoms with Crippen LogP contribution in [-0.4, -0.2) is 174 Å². The first kappa shape index (κ1) is 54.8. The van der Waals surface area contributed by atoms with Gasteiger partial charge < -0.3 is 60.1 Å². The van der Waals surface area contributed by atoms with Crippen LogP contribution in [0, 0.1) is 0 Å². The molecule has 7 N–H and O–H groups in total. The van der Waals surface area contributed by atoms with Crippen LogP contribution in [0.1, 0.15) is 88.2 Å². The van der Waals surface area contributed by atoms with Gasteiger partial charge in [0.15, 0.2) is 12.4 Å². The summed E-state index contributed by atoms with van der Waals surface area (Å²) < 4.78 is 33.1. The summed E-state index contributed by atoms with van der Waals surface area (Å²) in [6, 6.07) is 11.9. The van der Waals surface area contributed by atoms with Crippen LogP contribution in [-0.2, 0) is 49.3 Å². The van der Waals surface area contributed by atoms with Crippen LogP contribution >= 0.6 is 0 Å². The smallest absolute Gasteiger partial charge is 0.267 e. The van der Waals surface area contributed by atoms with Crippen molar-refractivity contribution in [2.45, 2.75) is 37.8 Å². The monoisotopic (exact) mass is 1010 g/mol. The molecule has 23 heteroatoms. The molecule has 8 amide bonds. The van der Waals surface area contributed by atoms with Crippen molar-refractivity contribution in [3.8, 4) is 11.5 Å². The third-order valence-corrected chi connectivity index (χ3v) is 11.6. The first-order chi connectivity index (χ1) is 35.1. The normalized spacial score (nSPS) is 16.1. The number of carbonyl (C=O) groups excluding carboxylic acids is 9. The molecular formula is C50H59N7O16. The Bertz CT molecular complexity index is 2600. The Labute approximate surface area is 420 Å². The first-order valence-electron chi connectivity index (χ1n) is 23.6. The van der Waals surface area contributed by atoms with E-state index in [1.54, 1.807) is 12.1 Å². The van der Waals surface area contributed by atoms with Gasteiger partial charge in [-0.05, 0) is 72.9 Å². The summed E-state index contributed by atoms with van der Waals surface area (Å²) in [4.78, 5) is 115. The molecule has 1 fully saturated rings. The number of nitrogens with two attached hydrogens (primary N) is 1. The zero-order valence-corrected chi connectivity index (χ0v) is 40.5. The van der Waals surface area contributed by atoms with E-state index in [1.165, 1.54) is 49.3 Å². The molecule has 0 bridgehead atoms. The number of nitrogens with one attached hydrogen (secondary N) is 4. The summed E-state index contributed by atoms with van der Waals surface area (Å²) in [6.07, 6.45) is 2.21. The molecule has 2 heterocycles. The van der Waals surface area contributed by atoms with Crippen LogP contribution in [0.3, 0.4) is 0 Å². The van der Waals surface area contributed by atoms with Gasteiger partial charge in [0.25, 0.3) is 35.4 Å². The molecule has 6 rings (SSSR count). The average Bonchev–Trinajstić information content (AvgIpc) is 3.89. The molecule has 3 aromatic carbocycles. The maximum absolute atomic E-state index is 13.2. The fourth-order valence-corrected chi connectivity index (χ4v) is 7.91. The molecule has 390 valence electrons. The quantitative estimate of drug-likeness (QED) is 0.0247. The second kappa shape index (κ2) is 26.8. The summed E-state index contributed by atoms with van der Waals surface area (Å²) in [7, 11) is 3.07. The Balaban J connectivity index is 0.740. The minimum atomic E-state index is -1.12. The van der Waals surface area contributed by atoms with E-state index < -0.39 is 65.8 Å². The van der Waals surface area contributed by atoms with Gasteiger partial charge in [-0.1, -0.05) is 12.1 Å². The van der Waals surface area contributed by atoms with Crippen LogP contribution in [0.2, 0.25) is 0 Å². The van der Waals surface area contributed by atoms with Crippen LogP contribution in [0.5, 0.6) is 11.5 Å². The van der Waals surface area contributed by atoms with Crippen molar-refractivity contribution in [2.24, 2.45) is 5.73 Å². The van der Waals surface area contributed by atoms with Crippen molar-refractivity contribution in [3.63, 3.8) is 0 Å². The van der Waals surface area contributed by atoms with Crippen molar-refractivity contribution in [1.82, 2.24) is 31.1 Å². The number of hydrogen-bond donors (Lipinski definition) is 6. The zero-order chi connectivity index (χ0) is 52.4. The van der Waals surface area contributed by atoms with Gasteiger partial charge in [0.2, 0.25) is 11.8 Å². The molecule has 1 saturated heterocycles. The molecule has 3 aromatic rings. The van der Waals surface area contributed by atoms with Crippen LogP contribution in [0.4, 0.5) is 0 Å². The Morgan fingerprint density at radius 3 is 2.03 bits per heavy atom. The fraction of sp³-hybridized carbons (Fsp3) is 0.420. The van der Waals surface area contributed by atoms with Gasteiger partial charge in [-0.3, -0.25) is 53.4 Å². The largest absolute Gasteiger partial charge is 0.507 e. The molecule has 3 aliphatic rings. The van der Waals surface area contributed by atoms with Gasteiger partial charge in [0, 0.05) is 50.8 Å². The van der Waals surface area contributed by atoms with Gasteiger partial charge in [-0.25, -0.2) is 0 Å². The minimum Gasteiger partial charge on any atom is -0.507 e. The molecule has 2 aliphatic heterocycles. The third-order valence-electron chi connectivity index (χ3n) is 11.6. The van der Waals surface area contributed by atoms with Gasteiger partial charge in [0.05, 0.1) is 88.8 Å². The standard InChI is InChI=1S/C50H59N7O16/c1-56(2)48(65)33-10-8-31(27-40(33)59)39(58)28-36(51)46(63)54-37-11-9-30-6-7-32(26-35(30)37)45(62)53-15-17-69-19-21-71-23-25-72-24-22-70-20-18-68-16-14-52-43(61)29-73-41-5-3-4-34-44(41)50(67)57(49(34)66)38-12-13-42(60)55-47(38)64/h3-8,10,26-28,37-38,59H,9,11-25,29,51H2,1-2H3,(H,52,61)(H,53,62)(H,54,63)(H,55,60,64)/t37-,38?/m1/s1. The lowest BCUT2D eigenvalue weighted by atomic mass is 10.0. The number of hydrogen-bond acceptors (Lipinski definition) is 17. The number of allylic oxidation sites excluding steroid dienone is 1. The SMILES string of the molecule is CN(C)C(=O)c1ccc(C(=O)C=C(N)C(=O)N[C@@H]2CCc3ccc(C(=O)NCCOCCOCCOCCOCCOCCNC(=O)COc4cccc5c4C(=O)N(C4CCC(=O)NC4=O)C5=O)cc32)cc1O. The molecule has 73 heavy (non-hydrogen) atoms. The maximum Gasteiger partial charge on any atom is 0.267 e. The highest BCUT2D eigenvalue weighted by molar-refractivity contribution is 6.24. The number of phenols is 1. The van der Waals surface area contributed by atoms with Crippen molar-refractivity contribution in [3.05, 3.63) is 105 Å². The lowest BCUT2D eigenvalue weighted by Gasteiger charge is -2.27. The van der Waals surface area contributed by atoms with Gasteiger partial charge in [-0.15, -0.1) is 0 Å². The van der Waals surface area contributed by atoms with E-state index in [9.17, 15) is 48.3 Å². The molecule has 0 spiro atoms. The first-order valence-corrected chi connectivity index (χ1v) is 23.6. The van der Waals surface area contributed by atoms with Crippen LogP contribution in [0.15, 0.2) is 66.4 Å². The van der Waals surface area contributed by atoms with E-state index in [4.69, 9.17) is 34.2 Å². The number of ether oxygens (including phenoxy) is 6. The molecule has 23 nitrogen and oxygen atoms in total. The number of amides is 8. The number of phenolic OH excluding ortho intramolecular Hbond substituents is 1. The number of carbonyl (C=O) groups is 9. The predicted molar refractivity (Wildman–Crippen MR) is 256 cm³/mol. The highest BCUT2D eigenvalue weighted by Gasteiger charge is 2.46. The predicted octanol–water partition coefficient (Wildman–Crippen LogP) is 0.332. The number of imide groups is 2. The maximum atomic E-state index is 13.2. The summed E-state index contributed by atoms with van der Waals surface area (Å²) in [5, 5.41) is 20.7. The second-order valence-electron chi connectivity index (χ2n) is 17.0. The summed E-state index contributed by atoms with van der Waals surface area (Å²) in [5.74, 6) is -5.50. The Morgan fingerprint density at radius 1 is 0.767 bits per heavy atom. The number of aryl methyl sites for hydroxylation is 1. The highest BCUT2D eigenvalue weighted by Crippen LogP contribution is 2.34. The van der Waals surface area contributed by atoms with E-state index in [0.717, 1.165) is 28.2 Å². The number of benzene rings is 3. The lowest BCUT2D eigenvalue weighted by Crippen LogP contribution is -2.54. The summed E-state index contributed by atoms with van der Waals surface area (Å²) >= 11 is 0. The second-order valence-corrected chi connectivity index (χ2v) is 17.0. The van der Waals surface area contributed by atoms with E-state index in [-0.39, 0.29) is 91.1 Å². The average molecular weight is 1010 g/mol. The Morgan fingerprint density at radius 2 is 1.40 bits per heavy atom. The molecular weight excluding hydrogens is 955 g/mol. The Kier molecular flexibility index (Phi) is 20.1. The topological polar surface area (TPSA) is 310 Å². The van der Waals surface area contributed by atoms with Gasteiger partial charge in [0.1, 0.15) is 23.2 Å². The number of nitrogens with zero attached hydrogens (tertiary/aromatic N) is 2. The molecule has 1 unspecified atom stereocenters. The van der Waals surface area contributed by atoms with E-state index in [1.807, 2.05) is 6.07 Å². The summed E-state index contributed by atoms with van der Waals surface area (Å²) in [6.45, 7) is 3.05. The van der Waals surface area contributed by atoms with Crippen LogP contribution < -0.4 is 31.7 Å². The van der Waals surface area contributed by atoms with Crippen molar-refractivity contribution >= 4 is 53.0 Å². The van der Waals surface area contributed by atoms with E-state index >= 15 is 0 Å². The highest BCUT2D eigenvalue weighted by atomic mass is 16.6. The Hall–Kier alpha value is -7.57. The van der Waals surface area contributed by atoms with Gasteiger partial charge >= 0.3 is 0 Å². The molecule has 2 atom stereocenters. The molecule has 0 aromatic heterocycles.